The first-order chi connectivity index (χ1) is 9.08. The maximum atomic E-state index is 12.2. The molecule has 1 amide bonds. The maximum Gasteiger partial charge on any atom is 0.225 e. The molecule has 1 aliphatic rings. The van der Waals surface area contributed by atoms with Gasteiger partial charge in [-0.15, -0.1) is 0 Å². The van der Waals surface area contributed by atoms with Crippen LogP contribution in [0.25, 0.3) is 0 Å². The summed E-state index contributed by atoms with van der Waals surface area (Å²) in [5, 5.41) is 3.08. The standard InChI is InChI=1S/C16H24N2O/c1-12-7-6-8-13(2)16(12)17-15(19)11-14-9-4-5-10-18(14)3/h6-8,14H,4-5,9-11H2,1-3H3,(H,17,19). The molecule has 0 spiro atoms. The summed E-state index contributed by atoms with van der Waals surface area (Å²) in [6, 6.07) is 6.50. The Hall–Kier alpha value is -1.35. The molecule has 2 rings (SSSR count). The van der Waals surface area contributed by atoms with E-state index in [-0.39, 0.29) is 5.91 Å². The summed E-state index contributed by atoms with van der Waals surface area (Å²) in [7, 11) is 2.12. The molecule has 1 fully saturated rings. The van der Waals surface area contributed by atoms with Crippen molar-refractivity contribution in [1.82, 2.24) is 4.90 Å². The number of aryl methyl sites for hydroxylation is 2. The van der Waals surface area contributed by atoms with Crippen LogP contribution in [-0.4, -0.2) is 30.4 Å². The smallest absolute Gasteiger partial charge is 0.225 e. The zero-order valence-electron chi connectivity index (χ0n) is 12.2. The highest BCUT2D eigenvalue weighted by Gasteiger charge is 2.21. The van der Waals surface area contributed by atoms with Crippen LogP contribution >= 0.6 is 0 Å². The van der Waals surface area contributed by atoms with Gasteiger partial charge in [0.15, 0.2) is 0 Å². The molecule has 1 aromatic rings. The van der Waals surface area contributed by atoms with E-state index in [0.717, 1.165) is 29.8 Å². The minimum atomic E-state index is 0.135. The van der Waals surface area contributed by atoms with Crippen molar-refractivity contribution in [2.24, 2.45) is 0 Å². The molecular formula is C16H24N2O. The van der Waals surface area contributed by atoms with Gasteiger partial charge in [0.25, 0.3) is 0 Å². The normalized spacial score (nSPS) is 20.3. The molecule has 3 heteroatoms. The number of amides is 1. The van der Waals surface area contributed by atoms with Gasteiger partial charge < -0.3 is 10.2 Å². The molecule has 1 saturated heterocycles. The Morgan fingerprint density at radius 1 is 1.32 bits per heavy atom. The van der Waals surface area contributed by atoms with Gasteiger partial charge in [-0.3, -0.25) is 4.79 Å². The van der Waals surface area contributed by atoms with E-state index in [9.17, 15) is 4.79 Å². The third-order valence-corrected chi connectivity index (χ3v) is 4.09. The fraction of sp³-hybridized carbons (Fsp3) is 0.562. The number of carbonyl (C=O) groups is 1. The summed E-state index contributed by atoms with van der Waals surface area (Å²) >= 11 is 0. The predicted octanol–water partition coefficient (Wildman–Crippen LogP) is 3.12. The average Bonchev–Trinajstić information content (AvgIpc) is 2.37. The first-order valence-electron chi connectivity index (χ1n) is 7.14. The van der Waals surface area contributed by atoms with Crippen LogP contribution in [0.3, 0.4) is 0 Å². The molecule has 0 aromatic heterocycles. The second kappa shape index (κ2) is 6.20. The second-order valence-corrected chi connectivity index (χ2v) is 5.65. The van der Waals surface area contributed by atoms with E-state index in [4.69, 9.17) is 0 Å². The van der Waals surface area contributed by atoms with Crippen LogP contribution < -0.4 is 5.32 Å². The van der Waals surface area contributed by atoms with Crippen molar-refractivity contribution in [2.75, 3.05) is 18.9 Å². The summed E-state index contributed by atoms with van der Waals surface area (Å²) in [5.41, 5.74) is 3.24. The van der Waals surface area contributed by atoms with E-state index < -0.39 is 0 Å². The number of piperidine rings is 1. The molecule has 1 aliphatic heterocycles. The highest BCUT2D eigenvalue weighted by Crippen LogP contribution is 2.22. The molecule has 1 unspecified atom stereocenters. The summed E-state index contributed by atoms with van der Waals surface area (Å²) < 4.78 is 0. The number of likely N-dealkylation sites (tertiary alicyclic amines) is 1. The maximum absolute atomic E-state index is 12.2. The number of para-hydroxylation sites is 1. The fourth-order valence-electron chi connectivity index (χ4n) is 2.82. The lowest BCUT2D eigenvalue weighted by Crippen LogP contribution is -2.38. The van der Waals surface area contributed by atoms with Crippen LogP contribution in [0, 0.1) is 13.8 Å². The molecule has 104 valence electrons. The van der Waals surface area contributed by atoms with E-state index in [1.165, 1.54) is 12.8 Å². The highest BCUT2D eigenvalue weighted by molar-refractivity contribution is 5.92. The molecule has 0 aliphatic carbocycles. The summed E-state index contributed by atoms with van der Waals surface area (Å²) in [5.74, 6) is 0.135. The van der Waals surface area contributed by atoms with Gasteiger partial charge >= 0.3 is 0 Å². The Kier molecular flexibility index (Phi) is 4.59. The van der Waals surface area contributed by atoms with Crippen molar-refractivity contribution in [1.29, 1.82) is 0 Å². The van der Waals surface area contributed by atoms with E-state index in [2.05, 4.69) is 17.3 Å². The summed E-state index contributed by atoms with van der Waals surface area (Å²) in [6.45, 7) is 5.19. The van der Waals surface area contributed by atoms with Crippen molar-refractivity contribution >= 4 is 11.6 Å². The molecule has 3 nitrogen and oxygen atoms in total. The first-order valence-corrected chi connectivity index (χ1v) is 7.14. The minimum absolute atomic E-state index is 0.135. The van der Waals surface area contributed by atoms with Gasteiger partial charge in [0.05, 0.1) is 0 Å². The lowest BCUT2D eigenvalue weighted by molar-refractivity contribution is -0.117. The lowest BCUT2D eigenvalue weighted by atomic mass is 9.99. The average molecular weight is 260 g/mol. The number of benzene rings is 1. The van der Waals surface area contributed by atoms with Crippen molar-refractivity contribution in [2.45, 2.75) is 45.6 Å². The second-order valence-electron chi connectivity index (χ2n) is 5.65. The fourth-order valence-corrected chi connectivity index (χ4v) is 2.82. The number of nitrogens with zero attached hydrogens (tertiary/aromatic N) is 1. The van der Waals surface area contributed by atoms with Gasteiger partial charge in [-0.2, -0.15) is 0 Å². The molecule has 1 N–H and O–H groups in total. The molecule has 19 heavy (non-hydrogen) atoms. The topological polar surface area (TPSA) is 32.3 Å². The van der Waals surface area contributed by atoms with Crippen molar-refractivity contribution < 1.29 is 4.79 Å². The van der Waals surface area contributed by atoms with E-state index in [0.29, 0.717) is 12.5 Å². The van der Waals surface area contributed by atoms with Crippen molar-refractivity contribution in [3.05, 3.63) is 29.3 Å². The predicted molar refractivity (Wildman–Crippen MR) is 79.4 cm³/mol. The van der Waals surface area contributed by atoms with Crippen LogP contribution in [0.4, 0.5) is 5.69 Å². The van der Waals surface area contributed by atoms with Crippen LogP contribution in [-0.2, 0) is 4.79 Å². The number of carbonyl (C=O) groups excluding carboxylic acids is 1. The highest BCUT2D eigenvalue weighted by atomic mass is 16.1. The van der Waals surface area contributed by atoms with E-state index in [1.54, 1.807) is 0 Å². The Balaban J connectivity index is 1.97. The van der Waals surface area contributed by atoms with Crippen LogP contribution in [0.15, 0.2) is 18.2 Å². The number of nitrogens with one attached hydrogen (secondary N) is 1. The molecular weight excluding hydrogens is 236 g/mol. The quantitative estimate of drug-likeness (QED) is 0.905. The Bertz CT molecular complexity index is 436. The first kappa shape index (κ1) is 14.1. The number of hydrogen-bond acceptors (Lipinski definition) is 2. The number of rotatable bonds is 3. The Morgan fingerprint density at radius 3 is 2.63 bits per heavy atom. The van der Waals surface area contributed by atoms with E-state index in [1.807, 2.05) is 32.0 Å². The summed E-state index contributed by atoms with van der Waals surface area (Å²) in [6.07, 6.45) is 4.23. The van der Waals surface area contributed by atoms with Crippen LogP contribution in [0.1, 0.15) is 36.8 Å². The Morgan fingerprint density at radius 2 is 2.00 bits per heavy atom. The Labute approximate surface area is 116 Å². The third kappa shape index (κ3) is 3.57. The molecule has 1 aromatic carbocycles. The summed E-state index contributed by atoms with van der Waals surface area (Å²) in [4.78, 5) is 14.5. The third-order valence-electron chi connectivity index (χ3n) is 4.09. The molecule has 0 bridgehead atoms. The van der Waals surface area contributed by atoms with Gasteiger partial charge in [-0.05, 0) is 51.4 Å². The molecule has 0 saturated carbocycles. The SMILES string of the molecule is Cc1cccc(C)c1NC(=O)CC1CCCCN1C. The van der Waals surface area contributed by atoms with Gasteiger partial charge in [-0.1, -0.05) is 24.6 Å². The monoisotopic (exact) mass is 260 g/mol. The lowest BCUT2D eigenvalue weighted by Gasteiger charge is -2.32. The molecule has 0 radical (unpaired) electrons. The van der Waals surface area contributed by atoms with Gasteiger partial charge in [0, 0.05) is 18.2 Å². The minimum Gasteiger partial charge on any atom is -0.326 e. The van der Waals surface area contributed by atoms with Gasteiger partial charge in [0.1, 0.15) is 0 Å². The van der Waals surface area contributed by atoms with E-state index >= 15 is 0 Å². The zero-order valence-corrected chi connectivity index (χ0v) is 12.2. The number of anilines is 1. The van der Waals surface area contributed by atoms with Crippen molar-refractivity contribution in [3.8, 4) is 0 Å². The largest absolute Gasteiger partial charge is 0.326 e. The van der Waals surface area contributed by atoms with Crippen LogP contribution in [0.2, 0.25) is 0 Å². The zero-order chi connectivity index (χ0) is 13.8. The van der Waals surface area contributed by atoms with Crippen LogP contribution in [0.5, 0.6) is 0 Å². The van der Waals surface area contributed by atoms with Gasteiger partial charge in [0.2, 0.25) is 5.91 Å². The number of hydrogen-bond donors (Lipinski definition) is 1. The molecule has 1 heterocycles. The molecule has 1 atom stereocenters. The van der Waals surface area contributed by atoms with Crippen molar-refractivity contribution in [3.63, 3.8) is 0 Å². The van der Waals surface area contributed by atoms with Gasteiger partial charge in [-0.25, -0.2) is 0 Å².